The Morgan fingerprint density at radius 3 is 2.48 bits per heavy atom. The molecule has 1 aliphatic heterocycles. The molecule has 40 heavy (non-hydrogen) atoms. The molecule has 206 valence electrons. The summed E-state index contributed by atoms with van der Waals surface area (Å²) in [4.78, 5) is 25.8. The first-order valence-corrected chi connectivity index (χ1v) is 14.1. The molecule has 1 aromatic heterocycles. The predicted octanol–water partition coefficient (Wildman–Crippen LogP) is 4.15. The Balaban J connectivity index is 1.15. The summed E-state index contributed by atoms with van der Waals surface area (Å²) in [5.41, 5.74) is 2.49. The molecular formula is C32H35N5O3. The second-order valence-electron chi connectivity index (χ2n) is 11.8. The van der Waals surface area contributed by atoms with Gasteiger partial charge in [0.05, 0.1) is 35.2 Å². The third-order valence-corrected chi connectivity index (χ3v) is 8.16. The average Bonchev–Trinajstić information content (AvgIpc) is 3.31. The zero-order valence-corrected chi connectivity index (χ0v) is 22.9. The van der Waals surface area contributed by atoms with Crippen molar-refractivity contribution in [3.63, 3.8) is 0 Å². The lowest BCUT2D eigenvalue weighted by Gasteiger charge is -2.31. The number of H-pyrrole nitrogens is 1. The van der Waals surface area contributed by atoms with Gasteiger partial charge in [0.2, 0.25) is 0 Å². The van der Waals surface area contributed by atoms with Gasteiger partial charge < -0.3 is 10.4 Å². The van der Waals surface area contributed by atoms with Gasteiger partial charge in [0.25, 0.3) is 11.5 Å². The summed E-state index contributed by atoms with van der Waals surface area (Å²) in [6, 6.07) is 17.7. The second kappa shape index (κ2) is 10.5. The number of aliphatic hydroxyl groups is 1. The summed E-state index contributed by atoms with van der Waals surface area (Å²) >= 11 is 0. The van der Waals surface area contributed by atoms with Crippen molar-refractivity contribution >= 4 is 28.0 Å². The van der Waals surface area contributed by atoms with Crippen LogP contribution in [0.2, 0.25) is 0 Å². The van der Waals surface area contributed by atoms with Crippen molar-refractivity contribution in [2.75, 3.05) is 6.54 Å². The number of hydrazone groups is 1. The minimum atomic E-state index is -0.958. The van der Waals surface area contributed by atoms with Crippen molar-refractivity contribution in [1.82, 2.24) is 20.5 Å². The fraction of sp³-hybridized carbons (Fsp3) is 0.375. The highest BCUT2D eigenvalue weighted by molar-refractivity contribution is 6.40. The molecule has 2 aliphatic carbocycles. The van der Waals surface area contributed by atoms with E-state index < -0.39 is 5.60 Å². The Labute approximate surface area is 233 Å². The molecule has 1 saturated carbocycles. The molecule has 2 unspecified atom stereocenters. The van der Waals surface area contributed by atoms with Crippen molar-refractivity contribution in [2.24, 2.45) is 11.0 Å². The summed E-state index contributed by atoms with van der Waals surface area (Å²) in [6.07, 6.45) is 9.70. The number of nitrogens with one attached hydrogen (secondary N) is 2. The van der Waals surface area contributed by atoms with E-state index in [9.17, 15) is 14.7 Å². The van der Waals surface area contributed by atoms with E-state index in [0.29, 0.717) is 17.6 Å². The maximum absolute atomic E-state index is 13.6. The molecule has 6 rings (SSSR count). The lowest BCUT2D eigenvalue weighted by Crippen LogP contribution is -2.44. The number of benzene rings is 2. The van der Waals surface area contributed by atoms with Crippen molar-refractivity contribution < 1.29 is 9.90 Å². The number of carbonyl (C=O) groups is 1. The first-order valence-electron chi connectivity index (χ1n) is 14.1. The maximum atomic E-state index is 13.6. The number of rotatable bonds is 6. The molecular weight excluding hydrogens is 502 g/mol. The van der Waals surface area contributed by atoms with Gasteiger partial charge in [-0.15, -0.1) is 0 Å². The molecule has 0 saturated heterocycles. The molecule has 2 atom stereocenters. The average molecular weight is 538 g/mol. The van der Waals surface area contributed by atoms with Crippen LogP contribution in [0, 0.1) is 5.92 Å². The molecule has 0 bridgehead atoms. The quantitative estimate of drug-likeness (QED) is 0.438. The zero-order valence-electron chi connectivity index (χ0n) is 22.9. The Hall–Kier alpha value is -4.04. The van der Waals surface area contributed by atoms with E-state index in [2.05, 4.69) is 45.9 Å². The third kappa shape index (κ3) is 5.23. The topological polar surface area (TPSA) is 111 Å². The van der Waals surface area contributed by atoms with Gasteiger partial charge in [-0.3, -0.25) is 14.6 Å². The monoisotopic (exact) mass is 537 g/mol. The van der Waals surface area contributed by atoms with Gasteiger partial charge in [-0.25, -0.2) is 5.10 Å². The van der Waals surface area contributed by atoms with Crippen LogP contribution in [-0.4, -0.2) is 56.2 Å². The highest BCUT2D eigenvalue weighted by atomic mass is 16.3. The van der Waals surface area contributed by atoms with Crippen LogP contribution in [0.1, 0.15) is 56.7 Å². The first kappa shape index (κ1) is 26.2. The molecule has 0 spiro atoms. The lowest BCUT2D eigenvalue weighted by atomic mass is 9.82. The minimum Gasteiger partial charge on any atom is -0.389 e. The van der Waals surface area contributed by atoms with Crippen molar-refractivity contribution in [3.05, 3.63) is 94.4 Å². The molecule has 1 fully saturated rings. The number of fused-ring (bicyclic) bond motifs is 2. The van der Waals surface area contributed by atoms with Gasteiger partial charge in [-0.1, -0.05) is 66.8 Å². The number of aromatic nitrogens is 2. The van der Waals surface area contributed by atoms with Crippen molar-refractivity contribution in [3.8, 4) is 0 Å². The van der Waals surface area contributed by atoms with E-state index in [1.54, 1.807) is 13.8 Å². The fourth-order valence-corrected chi connectivity index (χ4v) is 6.24. The smallest absolute Gasteiger partial charge is 0.272 e. The fourth-order valence-electron chi connectivity index (χ4n) is 6.24. The van der Waals surface area contributed by atoms with Crippen LogP contribution < -0.4 is 10.9 Å². The minimum absolute atomic E-state index is 0.0465. The molecule has 1 amide bonds. The number of allylic oxidation sites excluding steroid dienone is 2. The van der Waals surface area contributed by atoms with Crippen LogP contribution in [0.5, 0.6) is 0 Å². The molecule has 3 aromatic rings. The normalized spacial score (nSPS) is 24.4. The summed E-state index contributed by atoms with van der Waals surface area (Å²) in [7, 11) is 0. The first-order chi connectivity index (χ1) is 19.3. The molecule has 8 nitrogen and oxygen atoms in total. The van der Waals surface area contributed by atoms with Crippen molar-refractivity contribution in [2.45, 2.75) is 63.1 Å². The van der Waals surface area contributed by atoms with E-state index in [1.807, 2.05) is 47.5 Å². The van der Waals surface area contributed by atoms with E-state index >= 15 is 0 Å². The Bertz CT molecular complexity index is 1560. The van der Waals surface area contributed by atoms with E-state index in [-0.39, 0.29) is 35.4 Å². The maximum Gasteiger partial charge on any atom is 0.272 e. The van der Waals surface area contributed by atoms with E-state index in [0.717, 1.165) is 47.9 Å². The van der Waals surface area contributed by atoms with Crippen LogP contribution >= 0.6 is 0 Å². The number of aromatic amines is 1. The number of carbonyl (C=O) groups excluding carboxylic acids is 1. The van der Waals surface area contributed by atoms with Gasteiger partial charge in [0.1, 0.15) is 5.71 Å². The number of hydrogen-bond donors (Lipinski definition) is 3. The predicted molar refractivity (Wildman–Crippen MR) is 157 cm³/mol. The van der Waals surface area contributed by atoms with Gasteiger partial charge in [0.15, 0.2) is 0 Å². The molecule has 8 heteroatoms. The van der Waals surface area contributed by atoms with Gasteiger partial charge >= 0.3 is 0 Å². The number of β-amino-alcohol motifs (C(OH)–C–C–N with tert-alkyl or cyclic N) is 1. The van der Waals surface area contributed by atoms with Gasteiger partial charge in [-0.05, 0) is 56.7 Å². The van der Waals surface area contributed by atoms with Crippen LogP contribution in [0.25, 0.3) is 16.3 Å². The number of amides is 1. The standard InChI is InChI=1S/C32H35N5O3/c1-32(2,40)19-37-27-18-22(20-8-4-3-5-9-20)14-17-26(27)29(36-37)31(39)33-23-15-12-21(13-16-23)28-24-10-6-7-11-25(24)30(38)35-34-28/h3-11,14,17-18,21,23,26-27,40H,12-13,15-16,19H2,1-2H3,(H,33,39)(H,35,38). The third-order valence-electron chi connectivity index (χ3n) is 8.16. The van der Waals surface area contributed by atoms with Crippen molar-refractivity contribution in [1.29, 1.82) is 0 Å². The second-order valence-corrected chi connectivity index (χ2v) is 11.8. The largest absolute Gasteiger partial charge is 0.389 e. The summed E-state index contributed by atoms with van der Waals surface area (Å²) in [5.74, 6) is -0.0958. The Morgan fingerprint density at radius 1 is 1.05 bits per heavy atom. The molecule has 2 aromatic carbocycles. The summed E-state index contributed by atoms with van der Waals surface area (Å²) in [5, 5.41) is 29.1. The molecule has 3 N–H and O–H groups in total. The molecule has 0 radical (unpaired) electrons. The highest BCUT2D eigenvalue weighted by Crippen LogP contribution is 2.36. The molecule has 2 heterocycles. The highest BCUT2D eigenvalue weighted by Gasteiger charge is 2.41. The van der Waals surface area contributed by atoms with Gasteiger partial charge in [0, 0.05) is 17.3 Å². The Kier molecular flexibility index (Phi) is 6.88. The van der Waals surface area contributed by atoms with E-state index in [1.165, 1.54) is 0 Å². The summed E-state index contributed by atoms with van der Waals surface area (Å²) < 4.78 is 0. The Morgan fingerprint density at radius 2 is 1.75 bits per heavy atom. The SMILES string of the molecule is CC(C)(O)CN1N=C(C(=O)NC2CCC(c3n[nH]c(=O)c4ccccc34)CC2)C2C=CC(c3ccccc3)=CC21. The van der Waals surface area contributed by atoms with Gasteiger partial charge in [-0.2, -0.15) is 10.2 Å². The van der Waals surface area contributed by atoms with Crippen LogP contribution in [0.15, 0.2) is 82.7 Å². The van der Waals surface area contributed by atoms with E-state index in [4.69, 9.17) is 5.10 Å². The summed E-state index contributed by atoms with van der Waals surface area (Å²) in [6.45, 7) is 3.84. The molecule has 3 aliphatic rings. The van der Waals surface area contributed by atoms with Crippen LogP contribution in [-0.2, 0) is 4.79 Å². The number of nitrogens with zero attached hydrogens (tertiary/aromatic N) is 3. The van der Waals surface area contributed by atoms with Crippen LogP contribution in [0.4, 0.5) is 0 Å². The number of hydrogen-bond acceptors (Lipinski definition) is 6. The van der Waals surface area contributed by atoms with Crippen LogP contribution in [0.3, 0.4) is 0 Å². The lowest BCUT2D eigenvalue weighted by molar-refractivity contribution is -0.115. The zero-order chi connectivity index (χ0) is 27.9.